The molecule has 2 rings (SSSR count). The number of likely N-dealkylation sites (N-methyl/N-ethyl adjacent to an activating group) is 1. The first-order chi connectivity index (χ1) is 10.5. The molecule has 2 saturated heterocycles. The normalized spacial score (nSPS) is 26.8. The zero-order chi connectivity index (χ0) is 16.0. The van der Waals surface area contributed by atoms with Crippen LogP contribution in [0.5, 0.6) is 0 Å². The summed E-state index contributed by atoms with van der Waals surface area (Å²) in [4.78, 5) is 13.9. The summed E-state index contributed by atoms with van der Waals surface area (Å²) in [6.07, 6.45) is 5.60. The van der Waals surface area contributed by atoms with Gasteiger partial charge < -0.3 is 15.0 Å². The molecule has 2 aliphatic heterocycles. The van der Waals surface area contributed by atoms with Gasteiger partial charge in [0.05, 0.1) is 11.9 Å². The summed E-state index contributed by atoms with van der Waals surface area (Å²) >= 11 is 0. The summed E-state index contributed by atoms with van der Waals surface area (Å²) in [6, 6.07) is -0.339. The first-order valence-corrected chi connectivity index (χ1v) is 9.72. The summed E-state index contributed by atoms with van der Waals surface area (Å²) in [7, 11) is -1.58. The number of urea groups is 1. The Morgan fingerprint density at radius 3 is 2.73 bits per heavy atom. The standard InChI is InChI=1S/C14H27N3O4S/c1-17-8-4-5-12(17)11-15-14(18)16-22(19,20)10-7-13-6-2-3-9-21-13/h12-13H,2-11H2,1H3,(H2,15,16,18)/t12-,13?/m1/s1. The van der Waals surface area contributed by atoms with E-state index in [2.05, 4.69) is 14.9 Å². The SMILES string of the molecule is CN1CCC[C@@H]1CNC(=O)NS(=O)(=O)CCC1CCCCO1. The van der Waals surface area contributed by atoms with Crippen LogP contribution in [0, 0.1) is 0 Å². The Labute approximate surface area is 132 Å². The smallest absolute Gasteiger partial charge is 0.328 e. The molecule has 8 heteroatoms. The molecule has 22 heavy (non-hydrogen) atoms. The van der Waals surface area contributed by atoms with Crippen molar-refractivity contribution in [3.8, 4) is 0 Å². The van der Waals surface area contributed by atoms with Crippen molar-refractivity contribution in [2.24, 2.45) is 0 Å². The van der Waals surface area contributed by atoms with E-state index in [9.17, 15) is 13.2 Å². The van der Waals surface area contributed by atoms with Crippen molar-refractivity contribution < 1.29 is 17.9 Å². The van der Waals surface area contributed by atoms with Gasteiger partial charge in [0.25, 0.3) is 0 Å². The van der Waals surface area contributed by atoms with Gasteiger partial charge in [-0.05, 0) is 52.1 Å². The quantitative estimate of drug-likeness (QED) is 0.746. The minimum absolute atomic E-state index is 0.000486. The summed E-state index contributed by atoms with van der Waals surface area (Å²) in [5, 5.41) is 2.65. The topological polar surface area (TPSA) is 87.7 Å². The number of hydrogen-bond acceptors (Lipinski definition) is 5. The van der Waals surface area contributed by atoms with E-state index >= 15 is 0 Å². The fourth-order valence-electron chi connectivity index (χ4n) is 3.00. The Balaban J connectivity index is 1.67. The van der Waals surface area contributed by atoms with E-state index in [-0.39, 0.29) is 11.9 Å². The number of rotatable bonds is 6. The van der Waals surface area contributed by atoms with Gasteiger partial charge in [-0.25, -0.2) is 17.9 Å². The molecule has 0 bridgehead atoms. The average molecular weight is 333 g/mol. The van der Waals surface area contributed by atoms with E-state index < -0.39 is 16.1 Å². The highest BCUT2D eigenvalue weighted by atomic mass is 32.2. The van der Waals surface area contributed by atoms with Crippen LogP contribution in [-0.2, 0) is 14.8 Å². The molecule has 0 spiro atoms. The van der Waals surface area contributed by atoms with Gasteiger partial charge in [0.15, 0.2) is 0 Å². The van der Waals surface area contributed by atoms with Gasteiger partial charge in [-0.3, -0.25) is 0 Å². The first-order valence-electron chi connectivity index (χ1n) is 8.06. The zero-order valence-electron chi connectivity index (χ0n) is 13.2. The molecule has 1 unspecified atom stereocenters. The second-order valence-electron chi connectivity index (χ2n) is 6.18. The molecule has 2 heterocycles. The molecule has 0 aliphatic carbocycles. The number of hydrogen-bond donors (Lipinski definition) is 2. The Kier molecular flexibility index (Phi) is 6.46. The number of nitrogens with zero attached hydrogens (tertiary/aromatic N) is 1. The van der Waals surface area contributed by atoms with Crippen LogP contribution in [0.4, 0.5) is 4.79 Å². The van der Waals surface area contributed by atoms with E-state index in [1.807, 2.05) is 7.05 Å². The lowest BCUT2D eigenvalue weighted by Gasteiger charge is -2.22. The second-order valence-corrected chi connectivity index (χ2v) is 8.03. The van der Waals surface area contributed by atoms with Crippen molar-refractivity contribution in [1.82, 2.24) is 14.9 Å². The molecule has 0 saturated carbocycles. The average Bonchev–Trinajstić information content (AvgIpc) is 2.89. The molecule has 2 atom stereocenters. The van der Waals surface area contributed by atoms with Crippen molar-refractivity contribution in [3.63, 3.8) is 0 Å². The zero-order valence-corrected chi connectivity index (χ0v) is 14.0. The summed E-state index contributed by atoms with van der Waals surface area (Å²) in [6.45, 7) is 2.20. The maximum absolute atomic E-state index is 11.9. The number of carbonyl (C=O) groups is 1. The third-order valence-corrected chi connectivity index (χ3v) is 5.67. The van der Waals surface area contributed by atoms with Crippen molar-refractivity contribution in [2.75, 3.05) is 32.5 Å². The van der Waals surface area contributed by atoms with Crippen molar-refractivity contribution in [1.29, 1.82) is 0 Å². The van der Waals surface area contributed by atoms with Crippen LogP contribution < -0.4 is 10.0 Å². The molecule has 7 nitrogen and oxygen atoms in total. The van der Waals surface area contributed by atoms with E-state index in [1.54, 1.807) is 0 Å². The van der Waals surface area contributed by atoms with Gasteiger partial charge in [0, 0.05) is 19.2 Å². The highest BCUT2D eigenvalue weighted by molar-refractivity contribution is 7.90. The summed E-state index contributed by atoms with van der Waals surface area (Å²) in [5.74, 6) is -0.0750. The van der Waals surface area contributed by atoms with Crippen molar-refractivity contribution >= 4 is 16.1 Å². The van der Waals surface area contributed by atoms with Crippen LogP contribution >= 0.6 is 0 Å². The molecular formula is C14H27N3O4S. The van der Waals surface area contributed by atoms with Gasteiger partial charge in [-0.2, -0.15) is 0 Å². The summed E-state index contributed by atoms with van der Waals surface area (Å²) in [5.41, 5.74) is 0. The number of ether oxygens (including phenoxy) is 1. The van der Waals surface area contributed by atoms with Gasteiger partial charge in [0.1, 0.15) is 0 Å². The third-order valence-electron chi connectivity index (χ3n) is 4.40. The minimum atomic E-state index is -3.60. The lowest BCUT2D eigenvalue weighted by Crippen LogP contribution is -2.45. The molecule has 2 N–H and O–H groups in total. The second kappa shape index (κ2) is 8.12. The van der Waals surface area contributed by atoms with Crippen LogP contribution in [0.2, 0.25) is 0 Å². The Hall–Kier alpha value is -0.860. The Bertz CT molecular complexity index is 463. The van der Waals surface area contributed by atoms with Crippen LogP contribution in [0.15, 0.2) is 0 Å². The van der Waals surface area contributed by atoms with Crippen molar-refractivity contribution in [3.05, 3.63) is 0 Å². The predicted octanol–water partition coefficient (Wildman–Crippen LogP) is 0.669. The van der Waals surface area contributed by atoms with Gasteiger partial charge in [0.2, 0.25) is 10.0 Å². The van der Waals surface area contributed by atoms with E-state index in [1.165, 1.54) is 0 Å². The highest BCUT2D eigenvalue weighted by Crippen LogP contribution is 2.16. The molecule has 2 aliphatic rings. The van der Waals surface area contributed by atoms with Gasteiger partial charge in [-0.15, -0.1) is 0 Å². The molecule has 0 radical (unpaired) electrons. The van der Waals surface area contributed by atoms with Crippen LogP contribution in [0.3, 0.4) is 0 Å². The van der Waals surface area contributed by atoms with Crippen LogP contribution in [-0.4, -0.2) is 64.0 Å². The monoisotopic (exact) mass is 333 g/mol. The van der Waals surface area contributed by atoms with Gasteiger partial charge >= 0.3 is 6.03 Å². The molecule has 128 valence electrons. The van der Waals surface area contributed by atoms with Crippen LogP contribution in [0.25, 0.3) is 0 Å². The molecular weight excluding hydrogens is 306 g/mol. The highest BCUT2D eigenvalue weighted by Gasteiger charge is 2.23. The first kappa shape index (κ1) is 17.5. The molecule has 0 aromatic carbocycles. The number of nitrogens with one attached hydrogen (secondary N) is 2. The lowest BCUT2D eigenvalue weighted by atomic mass is 10.1. The molecule has 2 amide bonds. The fourth-order valence-corrected chi connectivity index (χ4v) is 4.03. The van der Waals surface area contributed by atoms with Crippen molar-refractivity contribution in [2.45, 2.75) is 50.7 Å². The number of likely N-dealkylation sites (tertiary alicyclic amines) is 1. The number of carbonyl (C=O) groups excluding carboxylic acids is 1. The fraction of sp³-hybridized carbons (Fsp3) is 0.929. The molecule has 0 aromatic rings. The Morgan fingerprint density at radius 2 is 2.09 bits per heavy atom. The van der Waals surface area contributed by atoms with E-state index in [4.69, 9.17) is 4.74 Å². The summed E-state index contributed by atoms with van der Waals surface area (Å²) < 4.78 is 31.4. The van der Waals surface area contributed by atoms with Gasteiger partial charge in [-0.1, -0.05) is 0 Å². The van der Waals surface area contributed by atoms with E-state index in [0.29, 0.717) is 25.6 Å². The molecule has 0 aromatic heterocycles. The Morgan fingerprint density at radius 1 is 1.27 bits per heavy atom. The maximum Gasteiger partial charge on any atom is 0.328 e. The number of amides is 2. The third kappa shape index (κ3) is 5.73. The predicted molar refractivity (Wildman–Crippen MR) is 84.2 cm³/mol. The van der Waals surface area contributed by atoms with Crippen LogP contribution in [0.1, 0.15) is 38.5 Å². The minimum Gasteiger partial charge on any atom is -0.378 e. The maximum atomic E-state index is 11.9. The molecule has 2 fully saturated rings. The van der Waals surface area contributed by atoms with E-state index in [0.717, 1.165) is 38.6 Å². The largest absolute Gasteiger partial charge is 0.378 e. The number of sulfonamides is 1. The lowest BCUT2D eigenvalue weighted by molar-refractivity contribution is 0.0147.